The van der Waals surface area contributed by atoms with Crippen LogP contribution in [0.2, 0.25) is 5.02 Å². The van der Waals surface area contributed by atoms with Crippen molar-refractivity contribution in [1.82, 2.24) is 9.88 Å². The highest BCUT2D eigenvalue weighted by molar-refractivity contribution is 6.35. The van der Waals surface area contributed by atoms with Crippen LogP contribution in [-0.4, -0.2) is 29.9 Å². The Hall–Kier alpha value is -2.59. The quantitative estimate of drug-likeness (QED) is 0.735. The van der Waals surface area contributed by atoms with Gasteiger partial charge in [0.05, 0.1) is 11.6 Å². The topological polar surface area (TPSA) is 45.2 Å². The number of nitrogens with zero attached hydrogens (tertiary/aromatic N) is 2. The van der Waals surface area contributed by atoms with E-state index in [0.717, 1.165) is 27.2 Å². The van der Waals surface area contributed by atoms with Crippen molar-refractivity contribution < 1.29 is 4.79 Å². The number of carbonyl (C=O) groups excluding carboxylic acids is 1. The number of halogens is 1. The largest absolute Gasteiger partial charge is 0.364 e. The number of fused-ring (bicyclic) bond motifs is 1. The molecule has 1 heterocycles. The number of carbonyl (C=O) groups is 1. The van der Waals surface area contributed by atoms with Gasteiger partial charge in [-0.1, -0.05) is 41.9 Å². The second-order valence-electron chi connectivity index (χ2n) is 6.18. The van der Waals surface area contributed by atoms with E-state index < -0.39 is 0 Å². The van der Waals surface area contributed by atoms with Gasteiger partial charge in [-0.3, -0.25) is 4.79 Å². The average Bonchev–Trinajstić information content (AvgIpc) is 2.62. The van der Waals surface area contributed by atoms with Gasteiger partial charge in [-0.15, -0.1) is 0 Å². The molecule has 0 spiro atoms. The first kappa shape index (κ1) is 17.2. The average molecular weight is 354 g/mol. The third kappa shape index (κ3) is 3.59. The lowest BCUT2D eigenvalue weighted by Gasteiger charge is -2.18. The van der Waals surface area contributed by atoms with E-state index >= 15 is 0 Å². The van der Waals surface area contributed by atoms with E-state index in [0.29, 0.717) is 5.56 Å². The van der Waals surface area contributed by atoms with Crippen LogP contribution in [-0.2, 0) is 0 Å². The molecule has 4 nitrogen and oxygen atoms in total. The minimum absolute atomic E-state index is 0.0464. The number of anilines is 1. The summed E-state index contributed by atoms with van der Waals surface area (Å²) in [6.07, 6.45) is 1.59. The van der Waals surface area contributed by atoms with Gasteiger partial charge in [0, 0.05) is 30.7 Å². The SMILES string of the molecule is CC(Nc1ccc(C(=O)N(C)C)cn1)c1ccc(Cl)c2ccccc12. The first-order chi connectivity index (χ1) is 12.0. The van der Waals surface area contributed by atoms with E-state index in [9.17, 15) is 4.79 Å². The molecule has 2 aromatic carbocycles. The van der Waals surface area contributed by atoms with Crippen LogP contribution in [0.5, 0.6) is 0 Å². The molecule has 0 radical (unpaired) electrons. The molecular formula is C20H20ClN3O. The van der Waals surface area contributed by atoms with Crippen molar-refractivity contribution in [2.75, 3.05) is 19.4 Å². The summed E-state index contributed by atoms with van der Waals surface area (Å²) < 4.78 is 0. The highest BCUT2D eigenvalue weighted by Gasteiger charge is 2.13. The molecule has 0 saturated carbocycles. The van der Waals surface area contributed by atoms with E-state index in [1.807, 2.05) is 36.4 Å². The maximum atomic E-state index is 11.9. The molecular weight excluding hydrogens is 334 g/mol. The number of benzene rings is 2. The fourth-order valence-corrected chi connectivity index (χ4v) is 3.05. The van der Waals surface area contributed by atoms with Crippen LogP contribution in [0.1, 0.15) is 28.9 Å². The monoisotopic (exact) mass is 353 g/mol. The molecule has 5 heteroatoms. The van der Waals surface area contributed by atoms with Crippen LogP contribution in [0.25, 0.3) is 10.8 Å². The Morgan fingerprint density at radius 3 is 2.44 bits per heavy atom. The third-order valence-corrected chi connectivity index (χ3v) is 4.48. The van der Waals surface area contributed by atoms with Crippen molar-refractivity contribution in [3.63, 3.8) is 0 Å². The fraction of sp³-hybridized carbons (Fsp3) is 0.200. The molecule has 1 aromatic heterocycles. The van der Waals surface area contributed by atoms with Gasteiger partial charge in [0.1, 0.15) is 5.82 Å². The number of hydrogen-bond acceptors (Lipinski definition) is 3. The van der Waals surface area contributed by atoms with Crippen LogP contribution in [0.3, 0.4) is 0 Å². The summed E-state index contributed by atoms with van der Waals surface area (Å²) in [5, 5.41) is 6.29. The molecule has 128 valence electrons. The molecule has 1 unspecified atom stereocenters. The molecule has 0 bridgehead atoms. The smallest absolute Gasteiger partial charge is 0.254 e. The first-order valence-electron chi connectivity index (χ1n) is 8.09. The van der Waals surface area contributed by atoms with Crippen molar-refractivity contribution in [3.05, 3.63) is 70.9 Å². The Balaban J connectivity index is 1.84. The summed E-state index contributed by atoms with van der Waals surface area (Å²) in [4.78, 5) is 17.8. The van der Waals surface area contributed by atoms with Crippen LogP contribution in [0, 0.1) is 0 Å². The van der Waals surface area contributed by atoms with Crippen molar-refractivity contribution in [3.8, 4) is 0 Å². The van der Waals surface area contributed by atoms with Gasteiger partial charge in [0.15, 0.2) is 0 Å². The summed E-state index contributed by atoms with van der Waals surface area (Å²) in [6, 6.07) is 15.7. The van der Waals surface area contributed by atoms with Crippen molar-refractivity contribution >= 4 is 34.1 Å². The predicted octanol–water partition coefficient (Wildman–Crippen LogP) is 4.76. The molecule has 0 saturated heterocycles. The number of aromatic nitrogens is 1. The van der Waals surface area contributed by atoms with Gasteiger partial charge in [-0.25, -0.2) is 4.98 Å². The molecule has 0 fully saturated rings. The molecule has 25 heavy (non-hydrogen) atoms. The van der Waals surface area contributed by atoms with Crippen LogP contribution in [0.15, 0.2) is 54.7 Å². The van der Waals surface area contributed by atoms with E-state index in [1.54, 1.807) is 26.4 Å². The number of nitrogens with one attached hydrogen (secondary N) is 1. The Bertz CT molecular complexity index is 906. The first-order valence-corrected chi connectivity index (χ1v) is 8.46. The van der Waals surface area contributed by atoms with Gasteiger partial charge >= 0.3 is 0 Å². The summed E-state index contributed by atoms with van der Waals surface area (Å²) in [5.41, 5.74) is 1.72. The minimum atomic E-state index is -0.0595. The van der Waals surface area contributed by atoms with Gasteiger partial charge in [-0.05, 0) is 36.1 Å². The normalized spacial score (nSPS) is 12.0. The zero-order chi connectivity index (χ0) is 18.0. The van der Waals surface area contributed by atoms with Crippen LogP contribution >= 0.6 is 11.6 Å². The lowest BCUT2D eigenvalue weighted by atomic mass is 9.99. The Morgan fingerprint density at radius 2 is 1.80 bits per heavy atom. The summed E-state index contributed by atoms with van der Waals surface area (Å²) in [7, 11) is 3.45. The van der Waals surface area contributed by atoms with Crippen LogP contribution in [0.4, 0.5) is 5.82 Å². The molecule has 0 aliphatic heterocycles. The van der Waals surface area contributed by atoms with E-state index in [2.05, 4.69) is 23.3 Å². The second kappa shape index (κ2) is 7.11. The van der Waals surface area contributed by atoms with Gasteiger partial charge in [0.2, 0.25) is 0 Å². The predicted molar refractivity (Wildman–Crippen MR) is 103 cm³/mol. The number of amides is 1. The molecule has 3 rings (SSSR count). The molecule has 1 atom stereocenters. The number of hydrogen-bond donors (Lipinski definition) is 1. The number of pyridine rings is 1. The second-order valence-corrected chi connectivity index (χ2v) is 6.59. The Morgan fingerprint density at radius 1 is 1.08 bits per heavy atom. The molecule has 0 aliphatic carbocycles. The highest BCUT2D eigenvalue weighted by Crippen LogP contribution is 2.31. The van der Waals surface area contributed by atoms with E-state index in [-0.39, 0.29) is 11.9 Å². The fourth-order valence-electron chi connectivity index (χ4n) is 2.83. The van der Waals surface area contributed by atoms with Crippen LogP contribution < -0.4 is 5.32 Å². The highest BCUT2D eigenvalue weighted by atomic mass is 35.5. The Kier molecular flexibility index (Phi) is 4.91. The van der Waals surface area contributed by atoms with Crippen molar-refractivity contribution in [1.29, 1.82) is 0 Å². The molecule has 1 amide bonds. The summed E-state index contributed by atoms with van der Waals surface area (Å²) in [5.74, 6) is 0.664. The van der Waals surface area contributed by atoms with Crippen molar-refractivity contribution in [2.45, 2.75) is 13.0 Å². The Labute approximate surface area is 152 Å². The third-order valence-electron chi connectivity index (χ3n) is 4.15. The maximum absolute atomic E-state index is 11.9. The minimum Gasteiger partial charge on any atom is -0.364 e. The summed E-state index contributed by atoms with van der Waals surface area (Å²) in [6.45, 7) is 2.08. The van der Waals surface area contributed by atoms with Gasteiger partial charge in [0.25, 0.3) is 5.91 Å². The standard InChI is InChI=1S/C20H20ClN3O/c1-13(15-9-10-18(21)17-7-5-4-6-16(15)17)23-19-11-8-14(12-22-19)20(25)24(2)3/h4-13H,1-3H3,(H,22,23). The zero-order valence-electron chi connectivity index (χ0n) is 14.5. The van der Waals surface area contributed by atoms with Gasteiger partial charge < -0.3 is 10.2 Å². The van der Waals surface area contributed by atoms with E-state index in [1.165, 1.54) is 4.90 Å². The van der Waals surface area contributed by atoms with E-state index in [4.69, 9.17) is 11.6 Å². The molecule has 3 aromatic rings. The van der Waals surface area contributed by atoms with Crippen molar-refractivity contribution in [2.24, 2.45) is 0 Å². The number of rotatable bonds is 4. The zero-order valence-corrected chi connectivity index (χ0v) is 15.2. The molecule has 1 N–H and O–H groups in total. The molecule has 0 aliphatic rings. The maximum Gasteiger partial charge on any atom is 0.254 e. The lowest BCUT2D eigenvalue weighted by Crippen LogP contribution is -2.21. The lowest BCUT2D eigenvalue weighted by molar-refractivity contribution is 0.0827. The van der Waals surface area contributed by atoms with Gasteiger partial charge in [-0.2, -0.15) is 0 Å². The summed E-state index contributed by atoms with van der Waals surface area (Å²) >= 11 is 6.30.